The van der Waals surface area contributed by atoms with Crippen LogP contribution in [0.2, 0.25) is 0 Å². The number of aliphatic imine (C=N–C) groups is 1. The van der Waals surface area contributed by atoms with Crippen molar-refractivity contribution in [3.05, 3.63) is 42.1 Å². The summed E-state index contributed by atoms with van der Waals surface area (Å²) in [7, 11) is 1.87. The van der Waals surface area contributed by atoms with Crippen LogP contribution in [0.4, 0.5) is 0 Å². The van der Waals surface area contributed by atoms with Crippen LogP contribution in [0, 0.1) is 0 Å². The molecule has 1 amide bonds. The molecule has 23 heavy (non-hydrogen) atoms. The Bertz CT molecular complexity index is 632. The zero-order chi connectivity index (χ0) is 16.5. The second-order valence-electron chi connectivity index (χ2n) is 4.85. The van der Waals surface area contributed by atoms with Crippen LogP contribution in [0.25, 0.3) is 0 Å². The maximum absolute atomic E-state index is 11.8. The molecule has 0 aliphatic heterocycles. The predicted octanol–water partition coefficient (Wildman–Crippen LogP) is 0.385. The third-order valence-electron chi connectivity index (χ3n) is 3.12. The van der Waals surface area contributed by atoms with E-state index in [4.69, 9.17) is 4.42 Å². The number of nitrogens with zero attached hydrogens (tertiary/aromatic N) is 3. The molecular formula is C15H22N6O2. The number of amides is 1. The van der Waals surface area contributed by atoms with Gasteiger partial charge in [0.05, 0.1) is 31.6 Å². The number of nitrogens with one attached hydrogen (secondary N) is 3. The quantitative estimate of drug-likeness (QED) is 0.507. The van der Waals surface area contributed by atoms with Gasteiger partial charge in [-0.25, -0.2) is 4.99 Å². The Morgan fingerprint density at radius 1 is 1.35 bits per heavy atom. The number of hydrogen-bond donors (Lipinski definition) is 3. The SMILES string of the molecule is CCNC(=NCc1ccnn1C)NCC(=O)NCc1ccco1. The molecule has 8 nitrogen and oxygen atoms in total. The van der Waals surface area contributed by atoms with Crippen LogP contribution < -0.4 is 16.0 Å². The van der Waals surface area contributed by atoms with Crippen LogP contribution >= 0.6 is 0 Å². The van der Waals surface area contributed by atoms with Gasteiger partial charge in [0.2, 0.25) is 5.91 Å². The van der Waals surface area contributed by atoms with Gasteiger partial charge in [-0.2, -0.15) is 5.10 Å². The number of hydrogen-bond acceptors (Lipinski definition) is 4. The summed E-state index contributed by atoms with van der Waals surface area (Å²) in [4.78, 5) is 16.3. The molecule has 124 valence electrons. The van der Waals surface area contributed by atoms with Crippen molar-refractivity contribution in [3.63, 3.8) is 0 Å². The standard InChI is InChI=1S/C15H22N6O2/c1-3-16-15(18-9-12-6-7-20-21(12)2)19-11-14(22)17-10-13-5-4-8-23-13/h4-8H,3,9-11H2,1-2H3,(H,17,22)(H2,16,18,19). The van der Waals surface area contributed by atoms with Crippen molar-refractivity contribution in [2.45, 2.75) is 20.0 Å². The van der Waals surface area contributed by atoms with E-state index < -0.39 is 0 Å². The van der Waals surface area contributed by atoms with Gasteiger partial charge in [0.15, 0.2) is 5.96 Å². The summed E-state index contributed by atoms with van der Waals surface area (Å²) in [5.74, 6) is 1.17. The highest BCUT2D eigenvalue weighted by atomic mass is 16.3. The summed E-state index contributed by atoms with van der Waals surface area (Å²) >= 11 is 0. The molecule has 0 aliphatic rings. The molecule has 0 bridgehead atoms. The molecule has 0 fully saturated rings. The molecule has 0 unspecified atom stereocenters. The van der Waals surface area contributed by atoms with Crippen molar-refractivity contribution in [2.24, 2.45) is 12.0 Å². The second-order valence-corrected chi connectivity index (χ2v) is 4.85. The van der Waals surface area contributed by atoms with Gasteiger partial charge >= 0.3 is 0 Å². The molecule has 3 N–H and O–H groups in total. The normalized spacial score (nSPS) is 11.3. The van der Waals surface area contributed by atoms with E-state index in [-0.39, 0.29) is 12.5 Å². The first-order valence-corrected chi connectivity index (χ1v) is 7.47. The van der Waals surface area contributed by atoms with Gasteiger partial charge in [0.25, 0.3) is 0 Å². The van der Waals surface area contributed by atoms with Crippen LogP contribution in [-0.2, 0) is 24.9 Å². The van der Waals surface area contributed by atoms with E-state index in [1.807, 2.05) is 26.1 Å². The summed E-state index contributed by atoms with van der Waals surface area (Å²) in [6.07, 6.45) is 3.31. The summed E-state index contributed by atoms with van der Waals surface area (Å²) in [5, 5.41) is 13.0. The third kappa shape index (κ3) is 5.50. The molecule has 0 saturated heterocycles. The van der Waals surface area contributed by atoms with E-state index in [2.05, 4.69) is 26.0 Å². The topological polar surface area (TPSA) is 96.5 Å². The van der Waals surface area contributed by atoms with E-state index in [1.165, 1.54) is 0 Å². The molecule has 0 atom stereocenters. The fourth-order valence-electron chi connectivity index (χ4n) is 1.88. The van der Waals surface area contributed by atoms with Gasteiger partial charge in [-0.1, -0.05) is 0 Å². The van der Waals surface area contributed by atoms with Gasteiger partial charge in [0.1, 0.15) is 5.76 Å². The number of carbonyl (C=O) groups excluding carboxylic acids is 1. The molecule has 8 heteroatoms. The monoisotopic (exact) mass is 318 g/mol. The first-order valence-electron chi connectivity index (χ1n) is 7.47. The molecule has 0 spiro atoms. The fraction of sp³-hybridized carbons (Fsp3) is 0.400. The molecule has 2 rings (SSSR count). The largest absolute Gasteiger partial charge is 0.467 e. The van der Waals surface area contributed by atoms with E-state index in [1.54, 1.807) is 23.2 Å². The maximum Gasteiger partial charge on any atom is 0.239 e. The number of furan rings is 1. The lowest BCUT2D eigenvalue weighted by Crippen LogP contribution is -2.43. The second kappa shape index (κ2) is 8.62. The van der Waals surface area contributed by atoms with Crippen molar-refractivity contribution < 1.29 is 9.21 Å². The summed E-state index contributed by atoms with van der Waals surface area (Å²) in [6.45, 7) is 3.68. The minimum Gasteiger partial charge on any atom is -0.467 e. The molecular weight excluding hydrogens is 296 g/mol. The Kier molecular flexibility index (Phi) is 6.22. The lowest BCUT2D eigenvalue weighted by molar-refractivity contribution is -0.120. The lowest BCUT2D eigenvalue weighted by atomic mass is 10.4. The van der Waals surface area contributed by atoms with Crippen molar-refractivity contribution in [1.82, 2.24) is 25.7 Å². The highest BCUT2D eigenvalue weighted by Gasteiger charge is 2.05. The van der Waals surface area contributed by atoms with Crippen molar-refractivity contribution >= 4 is 11.9 Å². The third-order valence-corrected chi connectivity index (χ3v) is 3.12. The van der Waals surface area contributed by atoms with Gasteiger partial charge in [-0.15, -0.1) is 0 Å². The maximum atomic E-state index is 11.8. The lowest BCUT2D eigenvalue weighted by Gasteiger charge is -2.11. The van der Waals surface area contributed by atoms with Crippen LogP contribution in [0.3, 0.4) is 0 Å². The van der Waals surface area contributed by atoms with E-state index in [9.17, 15) is 4.79 Å². The number of guanidine groups is 1. The Hall–Kier alpha value is -2.77. The number of aryl methyl sites for hydroxylation is 1. The zero-order valence-corrected chi connectivity index (χ0v) is 13.4. The summed E-state index contributed by atoms with van der Waals surface area (Å²) in [5.41, 5.74) is 0.990. The predicted molar refractivity (Wildman–Crippen MR) is 86.6 cm³/mol. The first kappa shape index (κ1) is 16.6. The van der Waals surface area contributed by atoms with E-state index >= 15 is 0 Å². The molecule has 0 aliphatic carbocycles. The molecule has 0 radical (unpaired) electrons. The zero-order valence-electron chi connectivity index (χ0n) is 13.4. The van der Waals surface area contributed by atoms with Crippen LogP contribution in [0.15, 0.2) is 40.1 Å². The van der Waals surface area contributed by atoms with Crippen LogP contribution in [0.1, 0.15) is 18.4 Å². The highest BCUT2D eigenvalue weighted by Crippen LogP contribution is 1.99. The Balaban J connectivity index is 1.79. The Morgan fingerprint density at radius 2 is 2.22 bits per heavy atom. The van der Waals surface area contributed by atoms with Crippen molar-refractivity contribution in [1.29, 1.82) is 0 Å². The smallest absolute Gasteiger partial charge is 0.239 e. The van der Waals surface area contributed by atoms with Gasteiger partial charge in [0, 0.05) is 19.8 Å². The molecule has 2 aromatic heterocycles. The van der Waals surface area contributed by atoms with Crippen LogP contribution in [-0.4, -0.2) is 34.7 Å². The van der Waals surface area contributed by atoms with Crippen molar-refractivity contribution in [2.75, 3.05) is 13.1 Å². The molecule has 2 aromatic rings. The Morgan fingerprint density at radius 3 is 2.87 bits per heavy atom. The highest BCUT2D eigenvalue weighted by molar-refractivity contribution is 5.86. The fourth-order valence-corrected chi connectivity index (χ4v) is 1.88. The minimum absolute atomic E-state index is 0.132. The minimum atomic E-state index is -0.132. The molecule has 2 heterocycles. The van der Waals surface area contributed by atoms with Gasteiger partial charge < -0.3 is 20.4 Å². The summed E-state index contributed by atoms with van der Waals surface area (Å²) in [6, 6.07) is 5.50. The summed E-state index contributed by atoms with van der Waals surface area (Å²) < 4.78 is 6.93. The molecule has 0 saturated carbocycles. The first-order chi connectivity index (χ1) is 11.2. The molecule has 0 aromatic carbocycles. The Labute approximate surface area is 135 Å². The van der Waals surface area contributed by atoms with Gasteiger partial charge in [-0.3, -0.25) is 9.48 Å². The number of carbonyl (C=O) groups is 1. The van der Waals surface area contributed by atoms with E-state index in [0.29, 0.717) is 25.6 Å². The van der Waals surface area contributed by atoms with Crippen molar-refractivity contribution in [3.8, 4) is 0 Å². The average Bonchev–Trinajstić information content (AvgIpc) is 3.19. The van der Waals surface area contributed by atoms with Gasteiger partial charge in [-0.05, 0) is 25.1 Å². The number of aromatic nitrogens is 2. The number of rotatable bonds is 7. The van der Waals surface area contributed by atoms with Crippen LogP contribution in [0.5, 0.6) is 0 Å². The van der Waals surface area contributed by atoms with E-state index in [0.717, 1.165) is 11.5 Å². The average molecular weight is 318 g/mol.